The molecule has 3 rings (SSSR count). The van der Waals surface area contributed by atoms with Crippen molar-refractivity contribution in [3.05, 3.63) is 29.6 Å². The first kappa shape index (κ1) is 26.3. The summed E-state index contributed by atoms with van der Waals surface area (Å²) in [5.41, 5.74) is -0.141. The van der Waals surface area contributed by atoms with Gasteiger partial charge in [0.25, 0.3) is 0 Å². The van der Waals surface area contributed by atoms with Gasteiger partial charge in [0.2, 0.25) is 11.8 Å². The highest BCUT2D eigenvalue weighted by Crippen LogP contribution is 2.37. The Labute approximate surface area is 202 Å². The van der Waals surface area contributed by atoms with Gasteiger partial charge in [0.1, 0.15) is 11.4 Å². The van der Waals surface area contributed by atoms with Crippen molar-refractivity contribution in [3.8, 4) is 0 Å². The molecular weight excluding hydrogens is 455 g/mol. The number of benzene rings is 1. The first-order valence-electron chi connectivity index (χ1n) is 12.0. The van der Waals surface area contributed by atoms with Gasteiger partial charge in [-0.15, -0.1) is 0 Å². The van der Waals surface area contributed by atoms with Crippen LogP contribution in [-0.4, -0.2) is 50.4 Å². The lowest BCUT2D eigenvalue weighted by molar-refractivity contribution is -0.160. The van der Waals surface area contributed by atoms with Gasteiger partial charge < -0.3 is 14.1 Å². The third kappa shape index (κ3) is 6.88. The van der Waals surface area contributed by atoms with Crippen molar-refractivity contribution in [2.75, 3.05) is 18.0 Å². The Morgan fingerprint density at radius 1 is 1.21 bits per heavy atom. The Kier molecular flexibility index (Phi) is 7.57. The number of nitrogens with one attached hydrogen (secondary N) is 1. The van der Waals surface area contributed by atoms with Crippen molar-refractivity contribution >= 4 is 31.8 Å². The molecule has 0 radical (unpaired) electrons. The Balaban J connectivity index is 1.72. The first-order chi connectivity index (χ1) is 15.7. The van der Waals surface area contributed by atoms with Gasteiger partial charge in [-0.2, -0.15) is 0 Å². The van der Waals surface area contributed by atoms with E-state index in [4.69, 9.17) is 9.16 Å². The van der Waals surface area contributed by atoms with E-state index in [2.05, 4.69) is 25.0 Å². The highest BCUT2D eigenvalue weighted by molar-refractivity contribution is 6.69. The number of imide groups is 1. The van der Waals surface area contributed by atoms with Gasteiger partial charge in [-0.05, 0) is 77.4 Å². The SMILES string of the molecule is CC(C)(C)OC(=O)CC1(O[Si](C)(C)C)CCN(c2ccc(C3CCC(=O)NC3=O)cc2F)CC1. The lowest BCUT2D eigenvalue weighted by atomic mass is 9.87. The fourth-order valence-corrected chi connectivity index (χ4v) is 6.34. The van der Waals surface area contributed by atoms with Gasteiger partial charge in [-0.3, -0.25) is 19.7 Å². The Morgan fingerprint density at radius 3 is 2.38 bits per heavy atom. The monoisotopic (exact) mass is 492 g/mol. The highest BCUT2D eigenvalue weighted by Gasteiger charge is 2.42. The number of nitrogens with zero attached hydrogens (tertiary/aromatic N) is 1. The number of hydrogen-bond donors (Lipinski definition) is 1. The van der Waals surface area contributed by atoms with Gasteiger partial charge in [-0.25, -0.2) is 4.39 Å². The molecule has 0 aliphatic carbocycles. The van der Waals surface area contributed by atoms with Crippen LogP contribution in [0.3, 0.4) is 0 Å². The van der Waals surface area contributed by atoms with E-state index in [-0.39, 0.29) is 30.6 Å². The third-order valence-electron chi connectivity index (χ3n) is 6.04. The normalized spacial score (nSPS) is 21.3. The largest absolute Gasteiger partial charge is 0.460 e. The minimum atomic E-state index is -1.96. The smallest absolute Gasteiger partial charge is 0.309 e. The molecule has 2 heterocycles. The highest BCUT2D eigenvalue weighted by atomic mass is 28.4. The standard InChI is InChI=1S/C25H37FN2O5Si/c1-24(2,3)32-22(30)16-25(33-34(4,5)6)11-13-28(14-12-25)20-9-7-17(15-19(20)26)18-8-10-21(29)27-23(18)31/h7,9,15,18H,8,10-14,16H2,1-6H3,(H,27,29,31). The van der Waals surface area contributed by atoms with E-state index in [0.717, 1.165) is 0 Å². The second kappa shape index (κ2) is 9.77. The number of anilines is 1. The zero-order valence-electron chi connectivity index (χ0n) is 21.1. The van der Waals surface area contributed by atoms with Crippen LogP contribution in [-0.2, 0) is 23.5 Å². The molecule has 1 atom stereocenters. The number of piperidine rings is 2. The molecule has 1 aromatic rings. The van der Waals surface area contributed by atoms with Crippen LogP contribution in [0.25, 0.3) is 0 Å². The summed E-state index contributed by atoms with van der Waals surface area (Å²) in [6, 6.07) is 4.87. The zero-order valence-corrected chi connectivity index (χ0v) is 22.1. The Hall–Kier alpha value is -2.26. The minimum Gasteiger partial charge on any atom is -0.460 e. The summed E-state index contributed by atoms with van der Waals surface area (Å²) in [6.07, 6.45) is 1.99. The molecule has 0 aromatic heterocycles. The molecule has 2 aliphatic heterocycles. The van der Waals surface area contributed by atoms with E-state index in [1.54, 1.807) is 12.1 Å². The molecule has 7 nitrogen and oxygen atoms in total. The van der Waals surface area contributed by atoms with Gasteiger partial charge in [0.15, 0.2) is 8.32 Å². The Morgan fingerprint density at radius 2 is 1.85 bits per heavy atom. The zero-order chi connectivity index (χ0) is 25.3. The minimum absolute atomic E-state index is 0.180. The van der Waals surface area contributed by atoms with Crippen molar-refractivity contribution < 1.29 is 27.9 Å². The molecule has 34 heavy (non-hydrogen) atoms. The van der Waals surface area contributed by atoms with Crippen molar-refractivity contribution in [1.29, 1.82) is 0 Å². The topological polar surface area (TPSA) is 84.9 Å². The number of rotatable bonds is 6. The van der Waals surface area contributed by atoms with Crippen LogP contribution in [0.2, 0.25) is 19.6 Å². The maximum atomic E-state index is 15.1. The van der Waals surface area contributed by atoms with Crippen molar-refractivity contribution in [2.24, 2.45) is 0 Å². The quantitative estimate of drug-likeness (QED) is 0.363. The van der Waals surface area contributed by atoms with Gasteiger partial charge >= 0.3 is 5.97 Å². The van der Waals surface area contributed by atoms with Crippen LogP contribution < -0.4 is 10.2 Å². The Bertz CT molecular complexity index is 946. The molecule has 2 saturated heterocycles. The average molecular weight is 493 g/mol. The molecule has 0 saturated carbocycles. The molecule has 1 N–H and O–H groups in total. The average Bonchev–Trinajstić information content (AvgIpc) is 2.66. The van der Waals surface area contributed by atoms with E-state index in [0.29, 0.717) is 43.6 Å². The van der Waals surface area contributed by atoms with E-state index < -0.39 is 31.3 Å². The summed E-state index contributed by atoms with van der Waals surface area (Å²) in [5, 5.41) is 2.32. The van der Waals surface area contributed by atoms with Crippen LogP contribution in [0.15, 0.2) is 18.2 Å². The molecule has 1 unspecified atom stereocenters. The maximum Gasteiger partial charge on any atom is 0.309 e. The predicted molar refractivity (Wildman–Crippen MR) is 131 cm³/mol. The van der Waals surface area contributed by atoms with Crippen LogP contribution in [0.4, 0.5) is 10.1 Å². The summed E-state index contributed by atoms with van der Waals surface area (Å²) >= 11 is 0. The van der Waals surface area contributed by atoms with E-state index in [1.807, 2.05) is 25.7 Å². The number of carbonyl (C=O) groups is 3. The number of amides is 2. The maximum absolute atomic E-state index is 15.1. The van der Waals surface area contributed by atoms with Crippen molar-refractivity contribution in [3.63, 3.8) is 0 Å². The van der Waals surface area contributed by atoms with Crippen LogP contribution in [0.1, 0.15) is 64.4 Å². The number of halogens is 1. The number of esters is 1. The third-order valence-corrected chi connectivity index (χ3v) is 7.08. The summed E-state index contributed by atoms with van der Waals surface area (Å²) in [5.74, 6) is -1.86. The van der Waals surface area contributed by atoms with Crippen molar-refractivity contribution in [2.45, 2.75) is 89.6 Å². The molecule has 0 bridgehead atoms. The lowest BCUT2D eigenvalue weighted by Gasteiger charge is -2.45. The molecular formula is C25H37FN2O5Si. The molecule has 0 spiro atoms. The van der Waals surface area contributed by atoms with Crippen LogP contribution in [0.5, 0.6) is 0 Å². The molecule has 2 amide bonds. The summed E-state index contributed by atoms with van der Waals surface area (Å²) in [7, 11) is -1.96. The fraction of sp³-hybridized carbons (Fsp3) is 0.640. The second-order valence-electron chi connectivity index (χ2n) is 11.4. The molecule has 2 fully saturated rings. The molecule has 188 valence electrons. The van der Waals surface area contributed by atoms with Gasteiger partial charge in [0, 0.05) is 19.5 Å². The molecule has 9 heteroatoms. The fourth-order valence-electron chi connectivity index (χ4n) is 4.77. The van der Waals surface area contributed by atoms with Crippen molar-refractivity contribution in [1.82, 2.24) is 5.32 Å². The summed E-state index contributed by atoms with van der Waals surface area (Å²) in [4.78, 5) is 38.2. The number of carbonyl (C=O) groups excluding carboxylic acids is 3. The van der Waals surface area contributed by atoms with Crippen LogP contribution in [0, 0.1) is 5.82 Å². The first-order valence-corrected chi connectivity index (χ1v) is 15.4. The van der Waals surface area contributed by atoms with Gasteiger partial charge in [-0.1, -0.05) is 6.07 Å². The van der Waals surface area contributed by atoms with Gasteiger partial charge in [0.05, 0.1) is 23.6 Å². The van der Waals surface area contributed by atoms with E-state index >= 15 is 4.39 Å². The molecule has 1 aromatic carbocycles. The predicted octanol–water partition coefficient (Wildman–Crippen LogP) is 4.27. The molecule has 2 aliphatic rings. The number of ether oxygens (including phenoxy) is 1. The summed E-state index contributed by atoms with van der Waals surface area (Å²) in [6.45, 7) is 12.9. The summed E-state index contributed by atoms with van der Waals surface area (Å²) < 4.78 is 27.2. The second-order valence-corrected chi connectivity index (χ2v) is 15.8. The van der Waals surface area contributed by atoms with E-state index in [9.17, 15) is 14.4 Å². The van der Waals surface area contributed by atoms with E-state index in [1.165, 1.54) is 6.07 Å². The van der Waals surface area contributed by atoms with Crippen LogP contribution >= 0.6 is 0 Å². The number of hydrogen-bond acceptors (Lipinski definition) is 6. The lowest BCUT2D eigenvalue weighted by Crippen LogP contribution is -2.52.